The molecule has 0 saturated heterocycles. The van der Waals surface area contributed by atoms with Crippen molar-refractivity contribution in [1.29, 1.82) is 0 Å². The molecule has 1 unspecified atom stereocenters. The van der Waals surface area contributed by atoms with Crippen molar-refractivity contribution in [3.63, 3.8) is 0 Å². The van der Waals surface area contributed by atoms with Gasteiger partial charge in [0.05, 0.1) is 12.3 Å². The maximum atomic E-state index is 11.1. The van der Waals surface area contributed by atoms with E-state index in [0.29, 0.717) is 0 Å². The van der Waals surface area contributed by atoms with Crippen LogP contribution in [0.15, 0.2) is 58.7 Å². The number of rotatable bonds is 9. The first-order valence-electron chi connectivity index (χ1n) is 9.87. The van der Waals surface area contributed by atoms with Gasteiger partial charge in [-0.1, -0.05) is 67.0 Å². The lowest BCUT2D eigenvalue weighted by atomic mass is 9.72. The first-order valence-corrected chi connectivity index (χ1v) is 9.87. The Bertz CT molecular complexity index is 730. The minimum absolute atomic E-state index is 0.211. The summed E-state index contributed by atoms with van der Waals surface area (Å²) in [6.07, 6.45) is 15.5. The van der Waals surface area contributed by atoms with E-state index in [-0.39, 0.29) is 18.3 Å². The van der Waals surface area contributed by atoms with E-state index in [4.69, 9.17) is 10.2 Å². The summed E-state index contributed by atoms with van der Waals surface area (Å²) < 4.78 is 0. The highest BCUT2D eigenvalue weighted by Gasteiger charge is 2.26. The maximum absolute atomic E-state index is 11.1. The Balaban J connectivity index is 2.72. The number of carboxylic acids is 2. The van der Waals surface area contributed by atoms with Crippen molar-refractivity contribution < 1.29 is 19.8 Å². The molecule has 0 heterocycles. The topological polar surface area (TPSA) is 74.6 Å². The number of carboxylic acid groups (broad SMARTS) is 2. The number of allylic oxidation sites excluding steroid dienone is 10. The summed E-state index contributed by atoms with van der Waals surface area (Å²) in [5, 5.41) is 17.9. The van der Waals surface area contributed by atoms with E-state index in [1.807, 2.05) is 25.2 Å². The van der Waals surface area contributed by atoms with E-state index >= 15 is 0 Å². The van der Waals surface area contributed by atoms with Crippen molar-refractivity contribution in [3.8, 4) is 0 Å². The van der Waals surface area contributed by atoms with Gasteiger partial charge >= 0.3 is 11.9 Å². The Morgan fingerprint density at radius 2 is 1.82 bits per heavy atom. The zero-order valence-electron chi connectivity index (χ0n) is 17.8. The molecule has 28 heavy (non-hydrogen) atoms. The third-order valence-electron chi connectivity index (χ3n) is 5.27. The molecule has 1 aliphatic carbocycles. The molecule has 0 fully saturated rings. The van der Waals surface area contributed by atoms with Gasteiger partial charge in [-0.3, -0.25) is 9.59 Å². The Labute approximate surface area is 169 Å². The zero-order chi connectivity index (χ0) is 21.3. The van der Waals surface area contributed by atoms with Crippen LogP contribution in [0.25, 0.3) is 0 Å². The SMILES string of the molecule is CC(C=C/C=C(/C)C=CC1=C(C)CCCC1(C)C)=CCC(CC(=O)O)C(=O)O. The second-order valence-electron chi connectivity index (χ2n) is 8.35. The second kappa shape index (κ2) is 10.8. The zero-order valence-corrected chi connectivity index (χ0v) is 17.8. The highest BCUT2D eigenvalue weighted by atomic mass is 16.4. The lowest BCUT2D eigenvalue weighted by molar-refractivity contribution is -0.148. The highest BCUT2D eigenvalue weighted by Crippen LogP contribution is 2.40. The van der Waals surface area contributed by atoms with Crippen LogP contribution in [0, 0.1) is 11.3 Å². The van der Waals surface area contributed by atoms with Crippen LogP contribution in [0.1, 0.15) is 66.7 Å². The highest BCUT2D eigenvalue weighted by molar-refractivity contribution is 5.77. The van der Waals surface area contributed by atoms with E-state index < -0.39 is 17.9 Å². The fourth-order valence-corrected chi connectivity index (χ4v) is 3.51. The minimum atomic E-state index is -1.09. The van der Waals surface area contributed by atoms with E-state index in [1.54, 1.807) is 6.08 Å². The van der Waals surface area contributed by atoms with Gasteiger partial charge in [-0.15, -0.1) is 0 Å². The molecule has 4 nitrogen and oxygen atoms in total. The van der Waals surface area contributed by atoms with Crippen molar-refractivity contribution in [2.45, 2.75) is 66.7 Å². The second-order valence-corrected chi connectivity index (χ2v) is 8.35. The van der Waals surface area contributed by atoms with Gasteiger partial charge in [0, 0.05) is 0 Å². The summed E-state index contributed by atoms with van der Waals surface area (Å²) in [6.45, 7) is 10.8. The maximum Gasteiger partial charge on any atom is 0.307 e. The van der Waals surface area contributed by atoms with Crippen molar-refractivity contribution in [2.24, 2.45) is 11.3 Å². The van der Waals surface area contributed by atoms with Crippen molar-refractivity contribution in [3.05, 3.63) is 58.7 Å². The van der Waals surface area contributed by atoms with Crippen molar-refractivity contribution in [1.82, 2.24) is 0 Å². The van der Waals surface area contributed by atoms with Gasteiger partial charge in [-0.2, -0.15) is 0 Å². The van der Waals surface area contributed by atoms with Crippen LogP contribution >= 0.6 is 0 Å². The monoisotopic (exact) mass is 386 g/mol. The largest absolute Gasteiger partial charge is 0.481 e. The molecule has 0 aromatic rings. The Morgan fingerprint density at radius 3 is 2.39 bits per heavy atom. The van der Waals surface area contributed by atoms with E-state index in [1.165, 1.54) is 30.4 Å². The lowest BCUT2D eigenvalue weighted by Crippen LogP contribution is -2.19. The fourth-order valence-electron chi connectivity index (χ4n) is 3.51. The van der Waals surface area contributed by atoms with Crippen LogP contribution in [0.2, 0.25) is 0 Å². The molecular formula is C24H34O4. The Morgan fingerprint density at radius 1 is 1.14 bits per heavy atom. The Kier molecular flexibility index (Phi) is 9.17. The van der Waals surface area contributed by atoms with Crippen LogP contribution in [0.5, 0.6) is 0 Å². The summed E-state index contributed by atoms with van der Waals surface area (Å²) in [5.74, 6) is -3.06. The van der Waals surface area contributed by atoms with Gasteiger partial charge in [-0.25, -0.2) is 0 Å². The summed E-state index contributed by atoms with van der Waals surface area (Å²) in [7, 11) is 0. The quantitative estimate of drug-likeness (QED) is 0.471. The average molecular weight is 387 g/mol. The van der Waals surface area contributed by atoms with Crippen LogP contribution < -0.4 is 0 Å². The van der Waals surface area contributed by atoms with Crippen molar-refractivity contribution in [2.75, 3.05) is 0 Å². The third kappa shape index (κ3) is 8.12. The molecule has 0 bridgehead atoms. The van der Waals surface area contributed by atoms with Crippen LogP contribution in [-0.4, -0.2) is 22.2 Å². The Hall–Kier alpha value is -2.36. The van der Waals surface area contributed by atoms with Gasteiger partial charge in [0.1, 0.15) is 0 Å². The van der Waals surface area contributed by atoms with Gasteiger partial charge in [-0.05, 0) is 57.4 Å². The van der Waals surface area contributed by atoms with Crippen LogP contribution in [0.3, 0.4) is 0 Å². The van der Waals surface area contributed by atoms with E-state index in [9.17, 15) is 9.59 Å². The van der Waals surface area contributed by atoms with E-state index in [0.717, 1.165) is 11.1 Å². The van der Waals surface area contributed by atoms with Gasteiger partial charge < -0.3 is 10.2 Å². The average Bonchev–Trinajstić information content (AvgIpc) is 2.57. The number of aliphatic carboxylic acids is 2. The number of carbonyl (C=O) groups is 2. The van der Waals surface area contributed by atoms with Gasteiger partial charge in [0.2, 0.25) is 0 Å². The third-order valence-corrected chi connectivity index (χ3v) is 5.27. The first kappa shape index (κ1) is 23.7. The molecule has 154 valence electrons. The molecule has 4 heteroatoms. The molecule has 2 N–H and O–H groups in total. The molecule has 0 aromatic heterocycles. The first-order chi connectivity index (χ1) is 13.0. The number of hydrogen-bond donors (Lipinski definition) is 2. The van der Waals surface area contributed by atoms with Crippen molar-refractivity contribution >= 4 is 11.9 Å². The molecule has 1 atom stereocenters. The predicted molar refractivity (Wildman–Crippen MR) is 114 cm³/mol. The molecule has 1 aliphatic rings. The molecule has 0 aliphatic heterocycles. The lowest BCUT2D eigenvalue weighted by Gasteiger charge is -2.32. The summed E-state index contributed by atoms with van der Waals surface area (Å²) in [4.78, 5) is 21.8. The molecule has 0 saturated carbocycles. The summed E-state index contributed by atoms with van der Waals surface area (Å²) in [6, 6.07) is 0. The predicted octanol–water partition coefficient (Wildman–Crippen LogP) is 6.08. The van der Waals surface area contributed by atoms with Gasteiger partial charge in [0.25, 0.3) is 0 Å². The normalized spacial score (nSPS) is 19.5. The molecule has 0 spiro atoms. The molecular weight excluding hydrogens is 352 g/mol. The minimum Gasteiger partial charge on any atom is -0.481 e. The van der Waals surface area contributed by atoms with Crippen LogP contribution in [-0.2, 0) is 9.59 Å². The smallest absolute Gasteiger partial charge is 0.307 e. The standard InChI is InChI=1S/C24H34O4/c1-17(11-13-20(23(27)28)16-22(25)26)8-6-9-18(2)12-14-21-19(3)10-7-15-24(21,4)5/h6,8-9,11-12,14,20H,7,10,13,15-16H2,1-5H3,(H,25,26)(H,27,28)/b8-6?,14-12?,17-11?,18-9-. The van der Waals surface area contributed by atoms with E-state index in [2.05, 4.69) is 39.8 Å². The summed E-state index contributed by atoms with van der Waals surface area (Å²) >= 11 is 0. The fraction of sp³-hybridized carbons (Fsp3) is 0.500. The molecule has 0 amide bonds. The number of hydrogen-bond acceptors (Lipinski definition) is 2. The summed E-state index contributed by atoms with van der Waals surface area (Å²) in [5.41, 5.74) is 5.19. The molecule has 0 aromatic carbocycles. The van der Waals surface area contributed by atoms with Gasteiger partial charge in [0.15, 0.2) is 0 Å². The molecule has 1 rings (SSSR count). The molecule has 0 radical (unpaired) electrons. The van der Waals surface area contributed by atoms with Crippen LogP contribution in [0.4, 0.5) is 0 Å².